The molecule has 2 aliphatic heterocycles. The fraction of sp³-hybridized carbons (Fsp3) is 0.500. The number of carbonyl (C=O) groups excluding carboxylic acids is 1. The number of anilines is 2. The number of piperazine rings is 1. The van der Waals surface area contributed by atoms with Crippen LogP contribution in [0.3, 0.4) is 0 Å². The number of nitrogens with one attached hydrogen (secondary N) is 1. The van der Waals surface area contributed by atoms with Gasteiger partial charge in [-0.1, -0.05) is 0 Å². The van der Waals surface area contributed by atoms with E-state index in [2.05, 4.69) is 32.1 Å². The Balaban J connectivity index is 1.33. The highest BCUT2D eigenvalue weighted by molar-refractivity contribution is 5.93. The second-order valence-corrected chi connectivity index (χ2v) is 7.47. The number of likely N-dealkylation sites (tertiary alicyclic amines) is 1. The number of nitrogens with two attached hydrogens (primary N) is 1. The molecule has 0 unspecified atom stereocenters. The van der Waals surface area contributed by atoms with Crippen LogP contribution in [0.1, 0.15) is 23.3 Å². The lowest BCUT2D eigenvalue weighted by Crippen LogP contribution is -2.55. The van der Waals surface area contributed by atoms with E-state index >= 15 is 0 Å². The summed E-state index contributed by atoms with van der Waals surface area (Å²) < 4.78 is 5.24. The molecule has 0 bridgehead atoms. The van der Waals surface area contributed by atoms with E-state index in [0.29, 0.717) is 17.6 Å². The summed E-state index contributed by atoms with van der Waals surface area (Å²) >= 11 is 0. The van der Waals surface area contributed by atoms with Crippen LogP contribution in [0.15, 0.2) is 30.3 Å². The molecular formula is C20H28N6O2. The molecular weight excluding hydrogens is 356 g/mol. The topological polar surface area (TPSA) is 90.7 Å². The summed E-state index contributed by atoms with van der Waals surface area (Å²) in [6.07, 6.45) is 2.16. The Morgan fingerprint density at radius 1 is 1.18 bits per heavy atom. The number of piperidine rings is 1. The van der Waals surface area contributed by atoms with Crippen LogP contribution in [0.25, 0.3) is 0 Å². The van der Waals surface area contributed by atoms with Crippen molar-refractivity contribution in [1.82, 2.24) is 20.0 Å². The summed E-state index contributed by atoms with van der Waals surface area (Å²) in [5, 5.41) is 6.60. The number of nitrogens with zero attached hydrogens (tertiary/aromatic N) is 4. The first-order valence-corrected chi connectivity index (χ1v) is 9.87. The van der Waals surface area contributed by atoms with E-state index in [1.807, 2.05) is 17.0 Å². The molecule has 0 spiro atoms. The third-order valence-electron chi connectivity index (χ3n) is 5.78. The quantitative estimate of drug-likeness (QED) is 0.829. The smallest absolute Gasteiger partial charge is 0.271 e. The van der Waals surface area contributed by atoms with E-state index in [1.165, 1.54) is 5.69 Å². The van der Waals surface area contributed by atoms with E-state index in [-0.39, 0.29) is 5.91 Å². The van der Waals surface area contributed by atoms with E-state index in [4.69, 9.17) is 10.5 Å². The fourth-order valence-corrected chi connectivity index (χ4v) is 4.19. The number of aromatic amines is 1. The average Bonchev–Trinajstić information content (AvgIpc) is 3.20. The molecule has 150 valence electrons. The molecule has 3 N–H and O–H groups in total. The van der Waals surface area contributed by atoms with Crippen LogP contribution in [0, 0.1) is 0 Å². The van der Waals surface area contributed by atoms with Gasteiger partial charge >= 0.3 is 0 Å². The van der Waals surface area contributed by atoms with Crippen molar-refractivity contribution in [1.29, 1.82) is 0 Å². The van der Waals surface area contributed by atoms with Crippen molar-refractivity contribution >= 4 is 17.4 Å². The number of amides is 1. The number of benzene rings is 1. The SMILES string of the molecule is COc1ccc(N2CCN([C@H]3CCCN(C(=O)c4cc(N)n[nH]4)C3)CC2)cc1. The minimum Gasteiger partial charge on any atom is -0.497 e. The van der Waals surface area contributed by atoms with Crippen LogP contribution in [-0.2, 0) is 0 Å². The summed E-state index contributed by atoms with van der Waals surface area (Å²) in [4.78, 5) is 19.6. The molecule has 0 saturated carbocycles. The van der Waals surface area contributed by atoms with E-state index in [0.717, 1.165) is 57.9 Å². The number of hydrogen-bond acceptors (Lipinski definition) is 6. The summed E-state index contributed by atoms with van der Waals surface area (Å²) in [5.41, 5.74) is 7.34. The zero-order chi connectivity index (χ0) is 19.5. The van der Waals surface area contributed by atoms with Crippen molar-refractivity contribution in [3.63, 3.8) is 0 Å². The monoisotopic (exact) mass is 384 g/mol. The molecule has 2 fully saturated rings. The number of methoxy groups -OCH3 is 1. The molecule has 1 aromatic carbocycles. The molecule has 3 heterocycles. The lowest BCUT2D eigenvalue weighted by molar-refractivity contribution is 0.0558. The summed E-state index contributed by atoms with van der Waals surface area (Å²) in [6, 6.07) is 10.3. The molecule has 1 atom stereocenters. The van der Waals surface area contributed by atoms with Crippen LogP contribution >= 0.6 is 0 Å². The number of carbonyl (C=O) groups is 1. The van der Waals surface area contributed by atoms with Gasteiger partial charge in [0.1, 0.15) is 17.3 Å². The van der Waals surface area contributed by atoms with Crippen molar-refractivity contribution in [3.05, 3.63) is 36.0 Å². The van der Waals surface area contributed by atoms with Crippen LogP contribution in [-0.4, -0.2) is 78.3 Å². The summed E-state index contributed by atoms with van der Waals surface area (Å²) in [5.74, 6) is 1.23. The minimum absolute atomic E-state index is 0.00855. The molecule has 1 aromatic heterocycles. The largest absolute Gasteiger partial charge is 0.497 e. The highest BCUT2D eigenvalue weighted by Gasteiger charge is 2.30. The van der Waals surface area contributed by atoms with Crippen LogP contribution in [0.4, 0.5) is 11.5 Å². The van der Waals surface area contributed by atoms with Gasteiger partial charge in [-0.05, 0) is 37.1 Å². The third-order valence-corrected chi connectivity index (χ3v) is 5.78. The van der Waals surface area contributed by atoms with Gasteiger partial charge in [-0.3, -0.25) is 14.8 Å². The molecule has 2 aliphatic rings. The maximum Gasteiger partial charge on any atom is 0.271 e. The summed E-state index contributed by atoms with van der Waals surface area (Å²) in [7, 11) is 1.69. The Kier molecular flexibility index (Phi) is 5.38. The highest BCUT2D eigenvalue weighted by Crippen LogP contribution is 2.23. The number of hydrogen-bond donors (Lipinski definition) is 2. The molecule has 28 heavy (non-hydrogen) atoms. The van der Waals surface area contributed by atoms with E-state index < -0.39 is 0 Å². The van der Waals surface area contributed by atoms with Crippen molar-refractivity contribution in [2.24, 2.45) is 0 Å². The molecule has 8 heteroatoms. The third kappa shape index (κ3) is 3.91. The zero-order valence-corrected chi connectivity index (χ0v) is 16.3. The van der Waals surface area contributed by atoms with Crippen LogP contribution in [0.2, 0.25) is 0 Å². The predicted octanol–water partition coefficient (Wildman–Crippen LogP) is 1.43. The van der Waals surface area contributed by atoms with Crippen molar-refractivity contribution in [3.8, 4) is 5.75 Å². The Bertz CT molecular complexity index is 797. The lowest BCUT2D eigenvalue weighted by atomic mass is 10.0. The average molecular weight is 384 g/mol. The normalized spacial score (nSPS) is 21.0. The zero-order valence-electron chi connectivity index (χ0n) is 16.3. The Morgan fingerprint density at radius 3 is 2.57 bits per heavy atom. The van der Waals surface area contributed by atoms with Gasteiger partial charge in [-0.15, -0.1) is 0 Å². The number of nitrogen functional groups attached to an aromatic ring is 1. The molecule has 2 saturated heterocycles. The van der Waals surface area contributed by atoms with Gasteiger partial charge < -0.3 is 20.3 Å². The van der Waals surface area contributed by atoms with Gasteiger partial charge in [0.15, 0.2) is 0 Å². The van der Waals surface area contributed by atoms with E-state index in [1.54, 1.807) is 13.2 Å². The fourth-order valence-electron chi connectivity index (χ4n) is 4.19. The lowest BCUT2D eigenvalue weighted by Gasteiger charge is -2.43. The molecule has 0 radical (unpaired) electrons. The molecule has 4 rings (SSSR count). The molecule has 0 aliphatic carbocycles. The van der Waals surface area contributed by atoms with Gasteiger partial charge in [0.25, 0.3) is 5.91 Å². The second kappa shape index (κ2) is 8.10. The first-order chi connectivity index (χ1) is 13.6. The van der Waals surface area contributed by atoms with Gasteiger partial charge in [0.2, 0.25) is 0 Å². The standard InChI is InChI=1S/C20H28N6O2/c1-28-17-6-4-15(5-7-17)24-9-11-25(12-10-24)16-3-2-8-26(14-16)20(27)18-13-19(21)23-22-18/h4-7,13,16H,2-3,8-12,14H2,1H3,(H3,21,22,23)/t16-/m0/s1. The number of aromatic nitrogens is 2. The predicted molar refractivity (Wildman–Crippen MR) is 109 cm³/mol. The second-order valence-electron chi connectivity index (χ2n) is 7.47. The molecule has 2 aromatic rings. The Labute approximate surface area is 165 Å². The van der Waals surface area contributed by atoms with Crippen molar-refractivity contribution in [2.75, 3.05) is 57.0 Å². The van der Waals surface area contributed by atoms with Crippen LogP contribution < -0.4 is 15.4 Å². The number of H-pyrrole nitrogens is 1. The van der Waals surface area contributed by atoms with Crippen molar-refractivity contribution in [2.45, 2.75) is 18.9 Å². The van der Waals surface area contributed by atoms with Crippen LogP contribution in [0.5, 0.6) is 5.75 Å². The van der Waals surface area contributed by atoms with Crippen molar-refractivity contribution < 1.29 is 9.53 Å². The molecule has 8 nitrogen and oxygen atoms in total. The Hall–Kier alpha value is -2.74. The van der Waals surface area contributed by atoms with Gasteiger partial charge in [0, 0.05) is 57.1 Å². The maximum absolute atomic E-state index is 12.7. The Morgan fingerprint density at radius 2 is 1.93 bits per heavy atom. The molecule has 1 amide bonds. The number of ether oxygens (including phenoxy) is 1. The number of rotatable bonds is 4. The van der Waals surface area contributed by atoms with Gasteiger partial charge in [-0.25, -0.2) is 0 Å². The van der Waals surface area contributed by atoms with Gasteiger partial charge in [0.05, 0.1) is 7.11 Å². The maximum atomic E-state index is 12.7. The summed E-state index contributed by atoms with van der Waals surface area (Å²) in [6.45, 7) is 5.56. The minimum atomic E-state index is -0.00855. The van der Waals surface area contributed by atoms with Gasteiger partial charge in [-0.2, -0.15) is 5.10 Å². The van der Waals surface area contributed by atoms with E-state index in [9.17, 15) is 4.79 Å². The first-order valence-electron chi connectivity index (χ1n) is 9.87. The first kappa shape index (κ1) is 18.6. The highest BCUT2D eigenvalue weighted by atomic mass is 16.5.